The quantitative estimate of drug-likeness (QED) is 0.468. The zero-order valence-corrected chi connectivity index (χ0v) is 23.6. The molecule has 216 valence electrons. The second kappa shape index (κ2) is 12.1. The van der Waals surface area contributed by atoms with Crippen LogP contribution in [0.3, 0.4) is 0 Å². The minimum absolute atomic E-state index is 0.00917. The van der Waals surface area contributed by atoms with E-state index in [1.54, 1.807) is 56.6 Å². The summed E-state index contributed by atoms with van der Waals surface area (Å²) in [7, 11) is -0.220. The fourth-order valence-electron chi connectivity index (χ4n) is 4.94. The minimum Gasteiger partial charge on any atom is -0.371 e. The van der Waals surface area contributed by atoms with Gasteiger partial charge < -0.3 is 15.0 Å². The smallest absolute Gasteiger partial charge is 0.261 e. The summed E-state index contributed by atoms with van der Waals surface area (Å²) in [6.07, 6.45) is -1.74. The van der Waals surface area contributed by atoms with Gasteiger partial charge in [0.25, 0.3) is 18.2 Å². The van der Waals surface area contributed by atoms with Gasteiger partial charge in [0.1, 0.15) is 18.0 Å². The number of piperidine rings is 1. The van der Waals surface area contributed by atoms with Crippen LogP contribution in [0.1, 0.15) is 45.5 Å². The van der Waals surface area contributed by atoms with Crippen molar-refractivity contribution in [2.45, 2.75) is 44.8 Å². The lowest BCUT2D eigenvalue weighted by Gasteiger charge is -2.34. The van der Waals surface area contributed by atoms with Gasteiger partial charge in [-0.2, -0.15) is 0 Å². The van der Waals surface area contributed by atoms with E-state index in [2.05, 4.69) is 10.3 Å². The van der Waals surface area contributed by atoms with E-state index in [0.29, 0.717) is 28.9 Å². The number of carbonyl (C=O) groups excluding carboxylic acids is 2. The van der Waals surface area contributed by atoms with Gasteiger partial charge in [0, 0.05) is 38.3 Å². The Kier molecular flexibility index (Phi) is 9.01. The summed E-state index contributed by atoms with van der Waals surface area (Å²) >= 11 is 0. The number of halogens is 2. The number of benzene rings is 2. The number of amidine groups is 1. The van der Waals surface area contributed by atoms with Crippen LogP contribution in [0.4, 0.5) is 8.78 Å². The van der Waals surface area contributed by atoms with Crippen LogP contribution >= 0.6 is 0 Å². The van der Waals surface area contributed by atoms with Crippen LogP contribution in [0.5, 0.6) is 0 Å². The van der Waals surface area contributed by atoms with Gasteiger partial charge in [-0.15, -0.1) is 0 Å². The molecule has 1 fully saturated rings. The summed E-state index contributed by atoms with van der Waals surface area (Å²) in [6.45, 7) is 1.55. The Morgan fingerprint density at radius 1 is 1.18 bits per heavy atom. The van der Waals surface area contributed by atoms with Gasteiger partial charge in [-0.05, 0) is 61.1 Å². The number of ether oxygens (including phenoxy) is 1. The third-order valence-electron chi connectivity index (χ3n) is 7.26. The minimum atomic E-state index is -3.58. The van der Waals surface area contributed by atoms with Crippen molar-refractivity contribution in [1.29, 1.82) is 0 Å². The number of carbonyl (C=O) groups is 2. The highest BCUT2D eigenvalue weighted by Gasteiger charge is 2.47. The molecule has 0 unspecified atom stereocenters. The maximum atomic E-state index is 13.1. The second-order valence-corrected chi connectivity index (χ2v) is 12.4. The van der Waals surface area contributed by atoms with Crippen LogP contribution < -0.4 is 5.32 Å². The van der Waals surface area contributed by atoms with Crippen molar-refractivity contribution in [3.63, 3.8) is 0 Å². The molecule has 9 nitrogen and oxygen atoms in total. The monoisotopic (exact) mass is 576 g/mol. The van der Waals surface area contributed by atoms with Crippen molar-refractivity contribution < 1.29 is 31.5 Å². The largest absolute Gasteiger partial charge is 0.371 e. The molecule has 40 heavy (non-hydrogen) atoms. The van der Waals surface area contributed by atoms with Crippen molar-refractivity contribution in [2.24, 2.45) is 4.99 Å². The molecule has 1 N–H and O–H groups in total. The van der Waals surface area contributed by atoms with E-state index >= 15 is 0 Å². The number of nitrogens with zero attached hydrogens (tertiary/aromatic N) is 3. The average Bonchev–Trinajstić information content (AvgIpc) is 3.22. The Morgan fingerprint density at radius 3 is 2.55 bits per heavy atom. The average molecular weight is 577 g/mol. The second-order valence-electron chi connectivity index (χ2n) is 10.4. The summed E-state index contributed by atoms with van der Waals surface area (Å²) in [6, 6.07) is 12.3. The fraction of sp³-hybridized carbons (Fsp3) is 0.464. The third kappa shape index (κ3) is 6.73. The van der Waals surface area contributed by atoms with Gasteiger partial charge in [-0.3, -0.25) is 14.6 Å². The van der Waals surface area contributed by atoms with Gasteiger partial charge in [-0.1, -0.05) is 24.3 Å². The molecule has 0 saturated carbocycles. The van der Waals surface area contributed by atoms with Crippen molar-refractivity contribution in [1.82, 2.24) is 14.5 Å². The zero-order valence-electron chi connectivity index (χ0n) is 22.8. The number of aryl methyl sites for hydroxylation is 2. The van der Waals surface area contributed by atoms with Crippen LogP contribution in [0.25, 0.3) is 0 Å². The molecular formula is C28H34F2N4O5S. The Bertz CT molecular complexity index is 1400. The molecule has 2 heterocycles. The molecule has 2 aliphatic rings. The molecule has 2 aliphatic heterocycles. The molecular weight excluding hydrogens is 542 g/mol. The predicted molar refractivity (Wildman–Crippen MR) is 147 cm³/mol. The lowest BCUT2D eigenvalue weighted by atomic mass is 9.89. The van der Waals surface area contributed by atoms with Crippen molar-refractivity contribution in [3.05, 3.63) is 70.3 Å². The first-order chi connectivity index (χ1) is 18.9. The molecule has 4 rings (SSSR count). The highest BCUT2D eigenvalue weighted by atomic mass is 32.2. The maximum Gasteiger partial charge on any atom is 0.261 e. The standard InChI is InChI=1S/C28H34F2N4O5S/c1-19-15-23(26(35)33(2)3)8-7-21(19)9-14-40(37,38)34-12-10-28(11-13-34)27(36)31-25(32-28)22-6-4-5-20(16-22)17-39-18-24(29)30/h4-8,15-16,24H,9-14,17-18H2,1-3H3,(H,31,32,36). The van der Waals surface area contributed by atoms with E-state index < -0.39 is 28.6 Å². The first-order valence-electron chi connectivity index (χ1n) is 13.1. The molecule has 1 spiro atoms. The summed E-state index contributed by atoms with van der Waals surface area (Å²) in [4.78, 5) is 31.3. The first kappa shape index (κ1) is 29.8. The normalized spacial score (nSPS) is 17.2. The van der Waals surface area contributed by atoms with Crippen LogP contribution in [-0.4, -0.2) is 86.8 Å². The Balaban J connectivity index is 1.37. The van der Waals surface area contributed by atoms with Gasteiger partial charge in [-0.25, -0.2) is 21.5 Å². The Morgan fingerprint density at radius 2 is 1.90 bits per heavy atom. The SMILES string of the molecule is Cc1cc(C(=O)N(C)C)ccc1CCS(=O)(=O)N1CCC2(CC1)N=C(c1cccc(COCC(F)F)c1)NC2=O. The third-order valence-corrected chi connectivity index (χ3v) is 9.13. The number of sulfonamides is 1. The lowest BCUT2D eigenvalue weighted by Crippen LogP contribution is -2.50. The molecule has 2 aromatic rings. The number of nitrogens with one attached hydrogen (secondary N) is 1. The highest BCUT2D eigenvalue weighted by Crippen LogP contribution is 2.32. The number of alkyl halides is 2. The number of aliphatic imine (C=N–C) groups is 1. The number of hydrogen-bond acceptors (Lipinski definition) is 6. The molecule has 0 aliphatic carbocycles. The molecule has 1 saturated heterocycles. The number of hydrogen-bond donors (Lipinski definition) is 1. The highest BCUT2D eigenvalue weighted by molar-refractivity contribution is 7.89. The summed E-state index contributed by atoms with van der Waals surface area (Å²) < 4.78 is 57.4. The Labute approximate surface area is 233 Å². The van der Waals surface area contributed by atoms with Crippen LogP contribution in [-0.2, 0) is 32.6 Å². The van der Waals surface area contributed by atoms with Crippen LogP contribution in [0.15, 0.2) is 47.5 Å². The van der Waals surface area contributed by atoms with Crippen molar-refractivity contribution >= 4 is 27.7 Å². The van der Waals surface area contributed by atoms with E-state index in [0.717, 1.165) is 11.1 Å². The van der Waals surface area contributed by atoms with Gasteiger partial charge in [0.15, 0.2) is 0 Å². The van der Waals surface area contributed by atoms with Gasteiger partial charge >= 0.3 is 0 Å². The topological polar surface area (TPSA) is 108 Å². The van der Waals surface area contributed by atoms with E-state index in [1.807, 2.05) is 6.92 Å². The zero-order chi connectivity index (χ0) is 29.1. The molecule has 2 aromatic carbocycles. The fourth-order valence-corrected chi connectivity index (χ4v) is 6.41. The van der Waals surface area contributed by atoms with E-state index in [9.17, 15) is 26.8 Å². The van der Waals surface area contributed by atoms with E-state index in [-0.39, 0.29) is 50.1 Å². The molecule has 0 aromatic heterocycles. The molecule has 12 heteroatoms. The molecule has 0 bridgehead atoms. The Hall–Kier alpha value is -3.22. The number of rotatable bonds is 10. The van der Waals surface area contributed by atoms with Crippen LogP contribution in [0.2, 0.25) is 0 Å². The lowest BCUT2D eigenvalue weighted by molar-refractivity contribution is -0.124. The van der Waals surface area contributed by atoms with E-state index in [1.165, 1.54) is 9.21 Å². The van der Waals surface area contributed by atoms with Gasteiger partial charge in [0.05, 0.1) is 12.4 Å². The van der Waals surface area contributed by atoms with Crippen LogP contribution in [0, 0.1) is 6.92 Å². The van der Waals surface area contributed by atoms with Gasteiger partial charge in [0.2, 0.25) is 10.0 Å². The molecule has 0 radical (unpaired) electrons. The summed E-state index contributed by atoms with van der Waals surface area (Å²) in [5, 5.41) is 2.81. The van der Waals surface area contributed by atoms with E-state index in [4.69, 9.17) is 4.74 Å². The van der Waals surface area contributed by atoms with Crippen molar-refractivity contribution in [2.75, 3.05) is 39.5 Å². The predicted octanol–water partition coefficient (Wildman–Crippen LogP) is 2.76. The van der Waals surface area contributed by atoms with Crippen molar-refractivity contribution in [3.8, 4) is 0 Å². The molecule has 2 amide bonds. The molecule has 0 atom stereocenters. The summed E-state index contributed by atoms with van der Waals surface area (Å²) in [5.74, 6) is -0.0911. The number of amides is 2. The summed E-state index contributed by atoms with van der Waals surface area (Å²) in [5.41, 5.74) is 2.53. The first-order valence-corrected chi connectivity index (χ1v) is 14.7. The maximum absolute atomic E-state index is 13.1.